The predicted molar refractivity (Wildman–Crippen MR) is 61.8 cm³/mol. The lowest BCUT2D eigenvalue weighted by molar-refractivity contribution is 0.204. The molecule has 0 N–H and O–H groups in total. The number of halogens is 1. The molecule has 0 fully saturated rings. The van der Waals surface area contributed by atoms with Gasteiger partial charge in [-0.25, -0.2) is 0 Å². The summed E-state index contributed by atoms with van der Waals surface area (Å²) in [5.41, 5.74) is 4.22. The van der Waals surface area contributed by atoms with Gasteiger partial charge in [0.25, 0.3) is 0 Å². The van der Waals surface area contributed by atoms with Gasteiger partial charge in [-0.05, 0) is 23.1 Å². The van der Waals surface area contributed by atoms with Crippen molar-refractivity contribution < 1.29 is 4.74 Å². The molecule has 0 saturated carbocycles. The van der Waals surface area contributed by atoms with E-state index in [9.17, 15) is 0 Å². The smallest absolute Gasteiger partial charge is 0.0692 e. The van der Waals surface area contributed by atoms with Crippen molar-refractivity contribution in [1.82, 2.24) is 0 Å². The molecule has 0 unspecified atom stereocenters. The topological polar surface area (TPSA) is 9.23 Å². The molecule has 1 heterocycles. The second kappa shape index (κ2) is 4.76. The van der Waals surface area contributed by atoms with E-state index in [-0.39, 0.29) is 0 Å². The Labute approximate surface area is 92.9 Å². The van der Waals surface area contributed by atoms with Crippen molar-refractivity contribution in [3.8, 4) is 0 Å². The van der Waals surface area contributed by atoms with Gasteiger partial charge in [0.2, 0.25) is 0 Å². The third-order valence-electron chi connectivity index (χ3n) is 2.47. The highest BCUT2D eigenvalue weighted by Crippen LogP contribution is 2.20. The monoisotopic (exact) mass is 252 g/mol. The van der Waals surface area contributed by atoms with Crippen LogP contribution in [-0.2, 0) is 11.2 Å². The van der Waals surface area contributed by atoms with Crippen molar-refractivity contribution in [2.75, 3.05) is 18.5 Å². The van der Waals surface area contributed by atoms with Crippen LogP contribution in [0.25, 0.3) is 0 Å². The van der Waals surface area contributed by atoms with Crippen LogP contribution in [-0.4, -0.2) is 18.5 Å². The third kappa shape index (κ3) is 2.25. The summed E-state index contributed by atoms with van der Waals surface area (Å²) in [4.78, 5) is 0. The van der Waals surface area contributed by atoms with E-state index < -0.39 is 0 Å². The van der Waals surface area contributed by atoms with Gasteiger partial charge in [-0.1, -0.05) is 46.3 Å². The van der Waals surface area contributed by atoms with E-state index >= 15 is 0 Å². The van der Waals surface area contributed by atoms with Crippen LogP contribution in [0.4, 0.5) is 0 Å². The highest BCUT2D eigenvalue weighted by atomic mass is 79.9. The first-order chi connectivity index (χ1) is 6.90. The first-order valence-electron chi connectivity index (χ1n) is 4.77. The van der Waals surface area contributed by atoms with E-state index in [1.165, 1.54) is 16.7 Å². The zero-order valence-electron chi connectivity index (χ0n) is 8.00. The van der Waals surface area contributed by atoms with Crippen LogP contribution < -0.4 is 0 Å². The molecule has 0 atom stereocenters. The van der Waals surface area contributed by atoms with Gasteiger partial charge in [0.15, 0.2) is 0 Å². The van der Waals surface area contributed by atoms with Gasteiger partial charge < -0.3 is 4.74 Å². The molecule has 0 saturated heterocycles. The molecule has 0 radical (unpaired) electrons. The first-order valence-corrected chi connectivity index (χ1v) is 5.89. The Hall–Kier alpha value is -0.600. The van der Waals surface area contributed by atoms with Crippen LogP contribution in [0.5, 0.6) is 0 Å². The standard InChI is InChI=1S/C12H13BrO/c13-7-12-9-14-8-11(12)6-10-4-2-1-3-5-10/h1-5H,6-9H2. The molecule has 1 aliphatic rings. The molecule has 0 spiro atoms. The van der Waals surface area contributed by atoms with Crippen molar-refractivity contribution in [3.05, 3.63) is 47.0 Å². The number of alkyl halides is 1. The number of rotatable bonds is 3. The highest BCUT2D eigenvalue weighted by Gasteiger charge is 2.13. The predicted octanol–water partition coefficient (Wildman–Crippen LogP) is 2.95. The van der Waals surface area contributed by atoms with Crippen molar-refractivity contribution in [2.24, 2.45) is 0 Å². The van der Waals surface area contributed by atoms with Gasteiger partial charge in [0.05, 0.1) is 13.2 Å². The minimum atomic E-state index is 0.799. The number of benzene rings is 1. The van der Waals surface area contributed by atoms with Crippen molar-refractivity contribution in [1.29, 1.82) is 0 Å². The molecule has 0 aliphatic carbocycles. The fourth-order valence-corrected chi connectivity index (χ4v) is 2.21. The Bertz CT molecular complexity index is 329. The summed E-state index contributed by atoms with van der Waals surface area (Å²) in [6, 6.07) is 10.5. The molecule has 74 valence electrons. The minimum absolute atomic E-state index is 0.799. The van der Waals surface area contributed by atoms with E-state index in [0.29, 0.717) is 0 Å². The molecule has 0 aromatic heterocycles. The lowest BCUT2D eigenvalue weighted by Gasteiger charge is -2.03. The first kappa shape index (κ1) is 9.94. The SMILES string of the molecule is BrCC1=C(Cc2ccccc2)COC1. The lowest BCUT2D eigenvalue weighted by Crippen LogP contribution is -1.95. The fourth-order valence-electron chi connectivity index (χ4n) is 1.65. The number of ether oxygens (including phenoxy) is 1. The van der Waals surface area contributed by atoms with Gasteiger partial charge >= 0.3 is 0 Å². The maximum absolute atomic E-state index is 5.43. The molecular weight excluding hydrogens is 240 g/mol. The zero-order valence-corrected chi connectivity index (χ0v) is 9.59. The Morgan fingerprint density at radius 1 is 1.07 bits per heavy atom. The van der Waals surface area contributed by atoms with E-state index in [4.69, 9.17) is 4.74 Å². The number of hydrogen-bond donors (Lipinski definition) is 0. The molecule has 1 aromatic carbocycles. The van der Waals surface area contributed by atoms with E-state index in [1.807, 2.05) is 0 Å². The summed E-state index contributed by atoms with van der Waals surface area (Å²) in [6.45, 7) is 1.60. The Kier molecular flexibility index (Phi) is 3.38. The fraction of sp³-hybridized carbons (Fsp3) is 0.333. The molecule has 14 heavy (non-hydrogen) atoms. The van der Waals surface area contributed by atoms with Crippen LogP contribution in [0, 0.1) is 0 Å². The van der Waals surface area contributed by atoms with E-state index in [2.05, 4.69) is 46.3 Å². The van der Waals surface area contributed by atoms with Crippen molar-refractivity contribution in [3.63, 3.8) is 0 Å². The second-order valence-electron chi connectivity index (χ2n) is 3.50. The number of hydrogen-bond acceptors (Lipinski definition) is 1. The maximum Gasteiger partial charge on any atom is 0.0692 e. The van der Waals surface area contributed by atoms with Gasteiger partial charge in [0, 0.05) is 5.33 Å². The lowest BCUT2D eigenvalue weighted by atomic mass is 10.0. The second-order valence-corrected chi connectivity index (χ2v) is 4.06. The van der Waals surface area contributed by atoms with Gasteiger partial charge in [-0.15, -0.1) is 0 Å². The summed E-state index contributed by atoms with van der Waals surface area (Å²) in [7, 11) is 0. The normalized spacial score (nSPS) is 16.4. The third-order valence-corrected chi connectivity index (χ3v) is 3.15. The molecular formula is C12H13BrO. The van der Waals surface area contributed by atoms with Crippen LogP contribution >= 0.6 is 15.9 Å². The quantitative estimate of drug-likeness (QED) is 0.594. The molecule has 0 bridgehead atoms. The van der Waals surface area contributed by atoms with Gasteiger partial charge in [0.1, 0.15) is 0 Å². The summed E-state index contributed by atoms with van der Waals surface area (Å²) < 4.78 is 5.43. The van der Waals surface area contributed by atoms with Gasteiger partial charge in [-0.3, -0.25) is 0 Å². The summed E-state index contributed by atoms with van der Waals surface area (Å²) in [5.74, 6) is 0. The largest absolute Gasteiger partial charge is 0.373 e. The highest BCUT2D eigenvalue weighted by molar-refractivity contribution is 9.09. The molecule has 1 nitrogen and oxygen atoms in total. The van der Waals surface area contributed by atoms with Crippen LogP contribution in [0.3, 0.4) is 0 Å². The van der Waals surface area contributed by atoms with Gasteiger partial charge in [-0.2, -0.15) is 0 Å². The van der Waals surface area contributed by atoms with Crippen molar-refractivity contribution in [2.45, 2.75) is 6.42 Å². The Morgan fingerprint density at radius 2 is 1.79 bits per heavy atom. The zero-order chi connectivity index (χ0) is 9.80. The Balaban J connectivity index is 2.11. The molecule has 1 aromatic rings. The van der Waals surface area contributed by atoms with Crippen molar-refractivity contribution >= 4 is 15.9 Å². The summed E-state index contributed by atoms with van der Waals surface area (Å²) >= 11 is 3.49. The minimum Gasteiger partial charge on any atom is -0.373 e. The average molecular weight is 253 g/mol. The average Bonchev–Trinajstić information content (AvgIpc) is 2.67. The van der Waals surface area contributed by atoms with Crippen LogP contribution in [0.1, 0.15) is 5.56 Å². The summed E-state index contributed by atoms with van der Waals surface area (Å²) in [6.07, 6.45) is 1.03. The Morgan fingerprint density at radius 3 is 2.50 bits per heavy atom. The van der Waals surface area contributed by atoms with E-state index in [1.54, 1.807) is 0 Å². The van der Waals surface area contributed by atoms with Crippen LogP contribution in [0.2, 0.25) is 0 Å². The molecule has 2 rings (SSSR count). The molecule has 0 amide bonds. The maximum atomic E-state index is 5.43. The van der Waals surface area contributed by atoms with E-state index in [0.717, 1.165) is 25.0 Å². The molecule has 2 heteroatoms. The van der Waals surface area contributed by atoms with Crippen LogP contribution in [0.15, 0.2) is 41.5 Å². The molecule has 1 aliphatic heterocycles. The summed E-state index contributed by atoms with van der Waals surface area (Å²) in [5, 5.41) is 0.940.